The number of hydrogen-bond donors (Lipinski definition) is 0. The van der Waals surface area contributed by atoms with Crippen LogP contribution >= 0.6 is 11.3 Å². The smallest absolute Gasteiger partial charge is 0.249 e. The molecule has 30 heavy (non-hydrogen) atoms. The minimum Gasteiger partial charge on any atom is -0.345 e. The van der Waals surface area contributed by atoms with Gasteiger partial charge in [0.1, 0.15) is 11.6 Å². The van der Waals surface area contributed by atoms with Crippen molar-refractivity contribution in [2.45, 2.75) is 18.2 Å². The Morgan fingerprint density at radius 2 is 1.67 bits per heavy atom. The summed E-state index contributed by atoms with van der Waals surface area (Å²) in [5.41, 5.74) is 3.40. The first-order valence-corrected chi connectivity index (χ1v) is 11.9. The molecule has 0 bridgehead atoms. The fourth-order valence-electron chi connectivity index (χ4n) is 3.50. The lowest BCUT2D eigenvalue weighted by Gasteiger charge is -2.33. The van der Waals surface area contributed by atoms with Crippen LogP contribution in [0.15, 0.2) is 52.7 Å². The van der Waals surface area contributed by atoms with E-state index < -0.39 is 26.6 Å². The van der Waals surface area contributed by atoms with E-state index in [4.69, 9.17) is 4.98 Å². The zero-order valence-electron chi connectivity index (χ0n) is 16.4. The van der Waals surface area contributed by atoms with E-state index in [2.05, 4.69) is 19.1 Å². The zero-order valence-corrected chi connectivity index (χ0v) is 18.0. The van der Waals surface area contributed by atoms with Crippen molar-refractivity contribution in [3.05, 3.63) is 76.3 Å². The van der Waals surface area contributed by atoms with Gasteiger partial charge in [0.15, 0.2) is 10.0 Å². The Morgan fingerprint density at radius 3 is 2.33 bits per heavy atom. The first-order valence-electron chi connectivity index (χ1n) is 9.54. The molecular weight excluding hydrogens is 428 g/mol. The van der Waals surface area contributed by atoms with Gasteiger partial charge in [-0.25, -0.2) is 22.2 Å². The number of anilines is 1. The van der Waals surface area contributed by atoms with Crippen molar-refractivity contribution in [3.63, 3.8) is 0 Å². The highest BCUT2D eigenvalue weighted by atomic mass is 32.2. The van der Waals surface area contributed by atoms with Crippen LogP contribution in [0, 0.1) is 18.6 Å². The Morgan fingerprint density at radius 1 is 1.00 bits per heavy atom. The molecule has 0 unspecified atom stereocenters. The second-order valence-corrected chi connectivity index (χ2v) is 9.88. The minimum atomic E-state index is -4.23. The Balaban J connectivity index is 1.44. The second kappa shape index (κ2) is 8.41. The first kappa shape index (κ1) is 20.9. The predicted octanol–water partition coefficient (Wildman–Crippen LogP) is 3.83. The summed E-state index contributed by atoms with van der Waals surface area (Å²) in [6.45, 7) is 3.17. The van der Waals surface area contributed by atoms with Crippen LogP contribution in [-0.2, 0) is 16.4 Å². The number of thiazole rings is 1. The standard InChI is InChI=1S/C21H21F2N3O2S2/c1-15-5-2-3-6-16(15)13-17-14-29-21(24-17)25-9-11-26(12-10-25)30(27,28)20-18(22)7-4-8-19(20)23/h2-8,14H,9-13H2,1H3. The Hall–Kier alpha value is -2.36. The third kappa shape index (κ3) is 4.10. The average molecular weight is 450 g/mol. The molecule has 0 N–H and O–H groups in total. The number of halogens is 2. The van der Waals surface area contributed by atoms with Gasteiger partial charge in [0.25, 0.3) is 0 Å². The van der Waals surface area contributed by atoms with Crippen LogP contribution in [0.1, 0.15) is 16.8 Å². The summed E-state index contributed by atoms with van der Waals surface area (Å²) >= 11 is 1.52. The Bertz CT molecular complexity index is 1140. The van der Waals surface area contributed by atoms with Crippen molar-refractivity contribution in [3.8, 4) is 0 Å². The fraction of sp³-hybridized carbons (Fsp3) is 0.286. The minimum absolute atomic E-state index is 0.142. The molecule has 0 aliphatic carbocycles. The van der Waals surface area contributed by atoms with Crippen LogP contribution in [0.2, 0.25) is 0 Å². The van der Waals surface area contributed by atoms with Crippen LogP contribution in [0.5, 0.6) is 0 Å². The maximum Gasteiger partial charge on any atom is 0.249 e. The maximum absolute atomic E-state index is 14.0. The van der Waals surface area contributed by atoms with Gasteiger partial charge in [-0.1, -0.05) is 30.3 Å². The molecule has 1 aromatic heterocycles. The van der Waals surface area contributed by atoms with E-state index in [1.165, 1.54) is 22.5 Å². The van der Waals surface area contributed by atoms with Crippen molar-refractivity contribution in [2.75, 3.05) is 31.1 Å². The number of rotatable bonds is 5. The van der Waals surface area contributed by atoms with Crippen LogP contribution in [0.3, 0.4) is 0 Å². The lowest BCUT2D eigenvalue weighted by Crippen LogP contribution is -2.49. The van der Waals surface area contributed by atoms with Crippen LogP contribution < -0.4 is 4.90 Å². The summed E-state index contributed by atoms with van der Waals surface area (Å²) in [5, 5.41) is 2.84. The Kier molecular flexibility index (Phi) is 5.86. The molecule has 158 valence electrons. The summed E-state index contributed by atoms with van der Waals surface area (Å²) in [5.74, 6) is -2.14. The van der Waals surface area contributed by atoms with Crippen LogP contribution in [0.4, 0.5) is 13.9 Å². The molecule has 9 heteroatoms. The second-order valence-electron chi connectivity index (χ2n) is 7.17. The number of benzene rings is 2. The van der Waals surface area contributed by atoms with E-state index in [-0.39, 0.29) is 13.1 Å². The normalized spacial score (nSPS) is 15.5. The average Bonchev–Trinajstić information content (AvgIpc) is 3.18. The number of sulfonamides is 1. The number of nitrogens with zero attached hydrogens (tertiary/aromatic N) is 3. The molecule has 1 aliphatic heterocycles. The molecular formula is C21H21F2N3O2S2. The molecule has 1 saturated heterocycles. The highest BCUT2D eigenvalue weighted by molar-refractivity contribution is 7.89. The topological polar surface area (TPSA) is 53.5 Å². The van der Waals surface area contributed by atoms with Crippen molar-refractivity contribution in [2.24, 2.45) is 0 Å². The van der Waals surface area contributed by atoms with Gasteiger partial charge in [0, 0.05) is 38.0 Å². The van der Waals surface area contributed by atoms with E-state index in [1.54, 1.807) is 0 Å². The largest absolute Gasteiger partial charge is 0.345 e. The van der Waals surface area contributed by atoms with E-state index >= 15 is 0 Å². The Labute approximate surface area is 178 Å². The molecule has 1 aliphatic rings. The quantitative estimate of drug-likeness (QED) is 0.594. The summed E-state index contributed by atoms with van der Waals surface area (Å²) in [6.07, 6.45) is 0.740. The van der Waals surface area contributed by atoms with Gasteiger partial charge in [-0.15, -0.1) is 11.3 Å². The lowest BCUT2D eigenvalue weighted by atomic mass is 10.1. The summed E-state index contributed by atoms with van der Waals surface area (Å²) in [6, 6.07) is 11.2. The van der Waals surface area contributed by atoms with Gasteiger partial charge >= 0.3 is 0 Å². The molecule has 5 nitrogen and oxygen atoms in total. The molecule has 3 aromatic rings. The lowest BCUT2D eigenvalue weighted by molar-refractivity contribution is 0.378. The molecule has 0 atom stereocenters. The van der Waals surface area contributed by atoms with E-state index in [0.29, 0.717) is 13.1 Å². The maximum atomic E-state index is 14.0. The monoisotopic (exact) mass is 449 g/mol. The van der Waals surface area contributed by atoms with Crippen molar-refractivity contribution in [1.29, 1.82) is 0 Å². The van der Waals surface area contributed by atoms with Gasteiger partial charge in [0.2, 0.25) is 10.0 Å². The third-order valence-corrected chi connectivity index (χ3v) is 8.10. The molecule has 2 heterocycles. The summed E-state index contributed by atoms with van der Waals surface area (Å²) in [7, 11) is -4.23. The molecule has 0 radical (unpaired) electrons. The highest BCUT2D eigenvalue weighted by Crippen LogP contribution is 2.27. The molecule has 1 fully saturated rings. The van der Waals surface area contributed by atoms with Gasteiger partial charge in [-0.05, 0) is 30.2 Å². The molecule has 0 spiro atoms. The number of aryl methyl sites for hydroxylation is 1. The number of aromatic nitrogens is 1. The van der Waals surface area contributed by atoms with E-state index in [9.17, 15) is 17.2 Å². The van der Waals surface area contributed by atoms with E-state index in [1.807, 2.05) is 22.4 Å². The van der Waals surface area contributed by atoms with Crippen molar-refractivity contribution < 1.29 is 17.2 Å². The summed E-state index contributed by atoms with van der Waals surface area (Å²) in [4.78, 5) is 5.83. The molecule has 0 saturated carbocycles. The number of hydrogen-bond acceptors (Lipinski definition) is 5. The highest BCUT2D eigenvalue weighted by Gasteiger charge is 2.33. The predicted molar refractivity (Wildman–Crippen MR) is 113 cm³/mol. The summed E-state index contributed by atoms with van der Waals surface area (Å²) < 4.78 is 54.6. The molecule has 0 amide bonds. The van der Waals surface area contributed by atoms with Crippen LogP contribution in [-0.4, -0.2) is 43.9 Å². The molecule has 4 rings (SSSR count). The van der Waals surface area contributed by atoms with Gasteiger partial charge < -0.3 is 4.90 Å². The van der Waals surface area contributed by atoms with E-state index in [0.717, 1.165) is 39.8 Å². The van der Waals surface area contributed by atoms with Crippen molar-refractivity contribution >= 4 is 26.5 Å². The zero-order chi connectivity index (χ0) is 21.3. The van der Waals surface area contributed by atoms with Gasteiger partial charge in [-0.2, -0.15) is 4.31 Å². The van der Waals surface area contributed by atoms with Gasteiger partial charge in [-0.3, -0.25) is 0 Å². The van der Waals surface area contributed by atoms with Gasteiger partial charge in [0.05, 0.1) is 5.69 Å². The van der Waals surface area contributed by atoms with Crippen molar-refractivity contribution in [1.82, 2.24) is 9.29 Å². The number of piperazine rings is 1. The van der Waals surface area contributed by atoms with Crippen LogP contribution in [0.25, 0.3) is 0 Å². The first-order chi connectivity index (χ1) is 14.4. The molecule has 2 aromatic carbocycles. The fourth-order valence-corrected chi connectivity index (χ4v) is 5.91. The third-order valence-electron chi connectivity index (χ3n) is 5.20. The SMILES string of the molecule is Cc1ccccc1Cc1csc(N2CCN(S(=O)(=O)c3c(F)cccc3F)CC2)n1.